The van der Waals surface area contributed by atoms with Crippen LogP contribution in [-0.2, 0) is 4.43 Å². The fraction of sp³-hybridized carbons (Fsp3) is 0.512. The highest BCUT2D eigenvalue weighted by atomic mass is 28.4. The van der Waals surface area contributed by atoms with Gasteiger partial charge in [0.15, 0.2) is 0 Å². The summed E-state index contributed by atoms with van der Waals surface area (Å²) in [7, 11) is -2.71. The molecule has 0 spiro atoms. The number of hydrogen-bond donors (Lipinski definition) is 2. The van der Waals surface area contributed by atoms with Crippen LogP contribution in [0.5, 0.6) is 0 Å². The molecular weight excluding hydrogens is 569 g/mol. The van der Waals surface area contributed by atoms with Gasteiger partial charge in [0.05, 0.1) is 12.2 Å². The predicted molar refractivity (Wildman–Crippen MR) is 187 cm³/mol. The monoisotopic (exact) mass is 620 g/mol. The van der Waals surface area contributed by atoms with Gasteiger partial charge >= 0.3 is 0 Å². The van der Waals surface area contributed by atoms with E-state index in [1.807, 2.05) is 0 Å². The van der Waals surface area contributed by atoms with E-state index in [-0.39, 0.29) is 33.8 Å². The summed E-state index contributed by atoms with van der Waals surface area (Å²) in [6.45, 7) is 11.9. The van der Waals surface area contributed by atoms with Crippen LogP contribution < -0.4 is 10.4 Å². The number of aliphatic hydroxyl groups excluding tert-OH is 2. The summed E-state index contributed by atoms with van der Waals surface area (Å²) >= 11 is 0. The van der Waals surface area contributed by atoms with Gasteiger partial charge in [0, 0.05) is 6.10 Å². The summed E-state index contributed by atoms with van der Waals surface area (Å²) in [6.07, 6.45) is 7.14. The topological polar surface area (TPSA) is 49.7 Å². The van der Waals surface area contributed by atoms with Crippen molar-refractivity contribution in [2.45, 2.75) is 96.5 Å². The maximum atomic E-state index is 12.1. The average molecular weight is 621 g/mol. The van der Waals surface area contributed by atoms with Gasteiger partial charge in [-0.15, -0.1) is 0 Å². The Morgan fingerprint density at radius 2 is 1.29 bits per heavy atom. The second kappa shape index (κ2) is 11.3. The van der Waals surface area contributed by atoms with Crippen LogP contribution in [0.2, 0.25) is 5.04 Å². The van der Waals surface area contributed by atoms with Gasteiger partial charge < -0.3 is 14.6 Å². The van der Waals surface area contributed by atoms with Crippen molar-refractivity contribution in [2.75, 3.05) is 0 Å². The third-order valence-corrected chi connectivity index (χ3v) is 18.2. The Bertz CT molecular complexity index is 1480. The zero-order chi connectivity index (χ0) is 31.6. The van der Waals surface area contributed by atoms with E-state index >= 15 is 0 Å². The first kappa shape index (κ1) is 31.1. The van der Waals surface area contributed by atoms with Crippen molar-refractivity contribution >= 4 is 24.3 Å². The average Bonchev–Trinajstić information content (AvgIpc) is 3.40. The molecule has 0 saturated heterocycles. The maximum Gasteiger partial charge on any atom is 0.261 e. The van der Waals surface area contributed by atoms with Crippen LogP contribution in [0.1, 0.15) is 78.7 Å². The van der Waals surface area contributed by atoms with Crippen molar-refractivity contribution in [3.8, 4) is 0 Å². The van der Waals surface area contributed by atoms with Crippen molar-refractivity contribution in [3.63, 3.8) is 0 Å². The summed E-state index contributed by atoms with van der Waals surface area (Å²) < 4.78 is 7.62. The smallest absolute Gasteiger partial charge is 0.261 e. The zero-order valence-electron chi connectivity index (χ0n) is 27.8. The van der Waals surface area contributed by atoms with E-state index in [2.05, 4.69) is 132 Å². The maximum absolute atomic E-state index is 12.1. The van der Waals surface area contributed by atoms with E-state index in [0.29, 0.717) is 11.8 Å². The standard InChI is InChI=1S/C41H52O3Si/c1-39(2,3)45(30-17-11-7-12-18-30,31-19-13-8-14-20-31)44-29-23-25-41(5)34-24-26-40(4)32(28-15-9-6-10-16-28)21-22-33(40)36(34)38(43)37(42)35(41)27-29/h6-21,29,33-38,42-43H,22-27H2,1-5H3/t29-,33-,34-,35?,36?,37+,38+,40+,41+/m0/s1. The number of benzene rings is 3. The lowest BCUT2D eigenvalue weighted by Gasteiger charge is -2.64. The largest absolute Gasteiger partial charge is 0.404 e. The molecule has 4 aliphatic carbocycles. The molecule has 4 heteroatoms. The van der Waals surface area contributed by atoms with Crippen LogP contribution in [0.25, 0.3) is 5.57 Å². The minimum absolute atomic E-state index is 0.00849. The summed E-state index contributed by atoms with van der Waals surface area (Å²) in [6, 6.07) is 32.7. The Labute approximate surface area is 271 Å². The highest BCUT2D eigenvalue weighted by Gasteiger charge is 2.64. The fourth-order valence-corrected chi connectivity index (χ4v) is 15.6. The summed E-state index contributed by atoms with van der Waals surface area (Å²) in [5, 5.41) is 26.6. The molecule has 3 nitrogen and oxygen atoms in total. The molecule has 7 rings (SSSR count). The van der Waals surface area contributed by atoms with Gasteiger partial charge in [-0.3, -0.25) is 0 Å². The molecule has 3 fully saturated rings. The third kappa shape index (κ3) is 4.77. The van der Waals surface area contributed by atoms with Crippen LogP contribution in [0.15, 0.2) is 97.1 Å². The lowest BCUT2D eigenvalue weighted by molar-refractivity contribution is -0.216. The molecule has 0 aliphatic heterocycles. The minimum Gasteiger partial charge on any atom is -0.404 e. The number of fused-ring (bicyclic) bond motifs is 5. The molecule has 2 unspecified atom stereocenters. The highest BCUT2D eigenvalue weighted by Crippen LogP contribution is 2.67. The fourth-order valence-electron chi connectivity index (χ4n) is 10.9. The van der Waals surface area contributed by atoms with Gasteiger partial charge in [-0.2, -0.15) is 0 Å². The third-order valence-electron chi connectivity index (χ3n) is 13.1. The van der Waals surface area contributed by atoms with Crippen molar-refractivity contribution in [1.82, 2.24) is 0 Å². The Kier molecular flexibility index (Phi) is 7.83. The van der Waals surface area contributed by atoms with Crippen LogP contribution >= 0.6 is 0 Å². The first-order valence-electron chi connectivity index (χ1n) is 17.4. The first-order chi connectivity index (χ1) is 21.5. The molecule has 3 aromatic rings. The Hall–Kier alpha value is -2.50. The molecule has 0 amide bonds. The first-order valence-corrected chi connectivity index (χ1v) is 19.3. The summed E-state index contributed by atoms with van der Waals surface area (Å²) in [5.74, 6) is 0.918. The molecule has 2 N–H and O–H groups in total. The number of rotatable bonds is 5. The van der Waals surface area contributed by atoms with Crippen LogP contribution in [0.4, 0.5) is 0 Å². The number of allylic oxidation sites excluding steroid dienone is 2. The second-order valence-corrected chi connectivity index (χ2v) is 20.5. The van der Waals surface area contributed by atoms with Crippen LogP contribution in [0, 0.1) is 34.5 Å². The van der Waals surface area contributed by atoms with E-state index in [1.54, 1.807) is 0 Å². The Morgan fingerprint density at radius 1 is 0.711 bits per heavy atom. The molecule has 3 aromatic carbocycles. The number of aliphatic hydroxyl groups is 2. The zero-order valence-corrected chi connectivity index (χ0v) is 28.8. The number of hydrogen-bond acceptors (Lipinski definition) is 3. The highest BCUT2D eigenvalue weighted by molar-refractivity contribution is 6.99. The Morgan fingerprint density at radius 3 is 1.87 bits per heavy atom. The van der Waals surface area contributed by atoms with Gasteiger partial charge in [-0.05, 0) is 99.6 Å². The van der Waals surface area contributed by atoms with Gasteiger partial charge in [0.2, 0.25) is 0 Å². The van der Waals surface area contributed by atoms with E-state index in [1.165, 1.54) is 21.5 Å². The molecule has 0 bridgehead atoms. The van der Waals surface area contributed by atoms with Crippen molar-refractivity contribution < 1.29 is 14.6 Å². The molecule has 4 aliphatic rings. The molecule has 0 radical (unpaired) electrons. The van der Waals surface area contributed by atoms with Gasteiger partial charge in [-0.25, -0.2) is 0 Å². The molecule has 238 valence electrons. The van der Waals surface area contributed by atoms with Crippen molar-refractivity contribution in [1.29, 1.82) is 0 Å². The predicted octanol–water partition coefficient (Wildman–Crippen LogP) is 7.61. The molecular formula is C41H52O3Si. The molecule has 9 atom stereocenters. The Balaban J connectivity index is 1.19. The van der Waals surface area contributed by atoms with E-state index in [0.717, 1.165) is 38.5 Å². The molecule has 45 heavy (non-hydrogen) atoms. The van der Waals surface area contributed by atoms with Crippen molar-refractivity contribution in [2.24, 2.45) is 34.5 Å². The molecule has 3 saturated carbocycles. The van der Waals surface area contributed by atoms with Crippen LogP contribution in [0.3, 0.4) is 0 Å². The molecule has 0 heterocycles. The van der Waals surface area contributed by atoms with E-state index < -0.39 is 20.5 Å². The second-order valence-electron chi connectivity index (χ2n) is 16.2. The summed E-state index contributed by atoms with van der Waals surface area (Å²) in [5.41, 5.74) is 2.79. The van der Waals surface area contributed by atoms with E-state index in [9.17, 15) is 10.2 Å². The quantitative estimate of drug-likeness (QED) is 0.289. The van der Waals surface area contributed by atoms with E-state index in [4.69, 9.17) is 4.43 Å². The van der Waals surface area contributed by atoms with Crippen LogP contribution in [-0.4, -0.2) is 36.8 Å². The van der Waals surface area contributed by atoms with Gasteiger partial charge in [0.1, 0.15) is 0 Å². The van der Waals surface area contributed by atoms with Gasteiger partial charge in [-0.1, -0.05) is 132 Å². The minimum atomic E-state index is -2.71. The normalized spacial score (nSPS) is 36.4. The SMILES string of the molecule is CC(C)(C)[Si](O[C@H]1CC[C@@]2(C)C(C1)[C@@H](O)[C@H](O)C1[C@@H]2CC[C@]2(C)C(c3ccccc3)=CC[C@@H]12)(c1ccccc1)c1ccccc1. The lowest BCUT2D eigenvalue weighted by atomic mass is 9.43. The lowest BCUT2D eigenvalue weighted by Crippen LogP contribution is -2.69. The molecule has 0 aromatic heterocycles. The van der Waals surface area contributed by atoms with Gasteiger partial charge in [0.25, 0.3) is 8.32 Å². The van der Waals surface area contributed by atoms with Crippen molar-refractivity contribution in [3.05, 3.63) is 103 Å². The summed E-state index contributed by atoms with van der Waals surface area (Å²) in [4.78, 5) is 0.